The molecule has 0 saturated heterocycles. The zero-order valence-electron chi connectivity index (χ0n) is 13.2. The third-order valence-electron chi connectivity index (χ3n) is 5.30. The smallest absolute Gasteiger partial charge is 0.127 e. The third-order valence-corrected chi connectivity index (χ3v) is 5.30. The number of aryl methyl sites for hydroxylation is 2. The van der Waals surface area contributed by atoms with Crippen molar-refractivity contribution in [3.05, 3.63) is 58.7 Å². The molecule has 2 aromatic carbocycles. The highest BCUT2D eigenvalue weighted by Crippen LogP contribution is 2.55. The molecular formula is C20H22O2. The Labute approximate surface area is 131 Å². The lowest BCUT2D eigenvalue weighted by Crippen LogP contribution is -2.27. The first-order chi connectivity index (χ1) is 10.6. The summed E-state index contributed by atoms with van der Waals surface area (Å²) >= 11 is 0. The molecule has 3 atom stereocenters. The summed E-state index contributed by atoms with van der Waals surface area (Å²) in [4.78, 5) is 0. The molecule has 1 aliphatic carbocycles. The molecule has 1 fully saturated rings. The van der Waals surface area contributed by atoms with Gasteiger partial charge in [0.15, 0.2) is 0 Å². The number of phenolic OH excluding ortho intramolecular Hbond substituents is 1. The first-order valence-electron chi connectivity index (χ1n) is 8.20. The molecule has 0 spiro atoms. The number of phenols is 1. The fourth-order valence-corrected chi connectivity index (χ4v) is 4.24. The van der Waals surface area contributed by atoms with Crippen molar-refractivity contribution in [2.24, 2.45) is 5.92 Å². The second-order valence-electron chi connectivity index (χ2n) is 6.83. The van der Waals surface area contributed by atoms with Crippen LogP contribution in [0.3, 0.4) is 0 Å². The van der Waals surface area contributed by atoms with Gasteiger partial charge in [-0.25, -0.2) is 0 Å². The number of rotatable bonds is 1. The molecule has 2 aromatic rings. The maximum Gasteiger partial charge on any atom is 0.127 e. The standard InChI is InChI=1S/C20H22O2/c1-12-6-8-14(9-7-12)20-17-5-3-4-16(17)18-11-15(21)10-13(2)19(18)22-20/h6-11,16-17,20-21H,3-5H2,1-2H3/t16-,17+,20+/m0/s1. The highest BCUT2D eigenvalue weighted by atomic mass is 16.5. The lowest BCUT2D eigenvalue weighted by molar-refractivity contribution is 0.103. The lowest BCUT2D eigenvalue weighted by atomic mass is 9.79. The molecule has 0 aromatic heterocycles. The highest BCUT2D eigenvalue weighted by molar-refractivity contribution is 5.50. The van der Waals surface area contributed by atoms with E-state index in [1.54, 1.807) is 6.07 Å². The number of ether oxygens (including phenoxy) is 1. The van der Waals surface area contributed by atoms with E-state index < -0.39 is 0 Å². The van der Waals surface area contributed by atoms with Crippen LogP contribution in [0.15, 0.2) is 36.4 Å². The lowest BCUT2D eigenvalue weighted by Gasteiger charge is -2.37. The SMILES string of the molecule is Cc1ccc([C@H]2Oc3c(C)cc(O)cc3[C@H]3CCC[C@H]32)cc1. The Morgan fingerprint density at radius 1 is 1.05 bits per heavy atom. The molecule has 0 bridgehead atoms. The van der Waals surface area contributed by atoms with E-state index in [0.717, 1.165) is 11.3 Å². The molecule has 1 aliphatic heterocycles. The van der Waals surface area contributed by atoms with E-state index in [4.69, 9.17) is 4.74 Å². The maximum atomic E-state index is 9.95. The molecule has 114 valence electrons. The Balaban J connectivity index is 1.81. The molecule has 2 nitrogen and oxygen atoms in total. The minimum absolute atomic E-state index is 0.142. The molecule has 0 amide bonds. The first kappa shape index (κ1) is 13.7. The Morgan fingerprint density at radius 3 is 2.59 bits per heavy atom. The molecular weight excluding hydrogens is 272 g/mol. The summed E-state index contributed by atoms with van der Waals surface area (Å²) in [5.74, 6) is 2.39. The van der Waals surface area contributed by atoms with Gasteiger partial charge in [0.25, 0.3) is 0 Å². The van der Waals surface area contributed by atoms with Crippen molar-refractivity contribution in [1.29, 1.82) is 0 Å². The number of hydrogen-bond donors (Lipinski definition) is 1. The van der Waals surface area contributed by atoms with Crippen LogP contribution < -0.4 is 4.74 Å². The summed E-state index contributed by atoms with van der Waals surface area (Å²) < 4.78 is 6.45. The van der Waals surface area contributed by atoms with Gasteiger partial charge in [0.2, 0.25) is 0 Å². The quantitative estimate of drug-likeness (QED) is 0.799. The van der Waals surface area contributed by atoms with Crippen LogP contribution >= 0.6 is 0 Å². The van der Waals surface area contributed by atoms with Crippen LogP contribution in [0.2, 0.25) is 0 Å². The van der Waals surface area contributed by atoms with Gasteiger partial charge in [-0.1, -0.05) is 36.2 Å². The van der Waals surface area contributed by atoms with Gasteiger partial charge in [-0.05, 0) is 55.9 Å². The summed E-state index contributed by atoms with van der Waals surface area (Å²) in [7, 11) is 0. The average Bonchev–Trinajstić information content (AvgIpc) is 2.97. The van der Waals surface area contributed by atoms with E-state index in [1.165, 1.54) is 36.0 Å². The molecule has 2 heteroatoms. The van der Waals surface area contributed by atoms with Crippen LogP contribution in [0.25, 0.3) is 0 Å². The fourth-order valence-electron chi connectivity index (χ4n) is 4.24. The zero-order chi connectivity index (χ0) is 15.3. The Hall–Kier alpha value is -1.96. The van der Waals surface area contributed by atoms with Crippen molar-refractivity contribution in [3.8, 4) is 11.5 Å². The highest BCUT2D eigenvalue weighted by Gasteiger charge is 2.42. The minimum Gasteiger partial charge on any atom is -0.508 e. The van der Waals surface area contributed by atoms with E-state index in [0.29, 0.717) is 17.6 Å². The molecule has 1 heterocycles. The first-order valence-corrected chi connectivity index (χ1v) is 8.20. The van der Waals surface area contributed by atoms with Gasteiger partial charge < -0.3 is 9.84 Å². The number of fused-ring (bicyclic) bond motifs is 3. The molecule has 0 unspecified atom stereocenters. The normalized spacial score (nSPS) is 26.2. The molecule has 1 N–H and O–H groups in total. The van der Waals surface area contributed by atoms with Crippen molar-refractivity contribution in [2.45, 2.75) is 45.1 Å². The largest absolute Gasteiger partial charge is 0.508 e. The number of aromatic hydroxyl groups is 1. The molecule has 1 saturated carbocycles. The molecule has 4 rings (SSSR count). The predicted molar refractivity (Wildman–Crippen MR) is 87.5 cm³/mol. The van der Waals surface area contributed by atoms with Gasteiger partial charge in [-0.2, -0.15) is 0 Å². The summed E-state index contributed by atoms with van der Waals surface area (Å²) in [5, 5.41) is 9.95. The fraction of sp³-hybridized carbons (Fsp3) is 0.400. The van der Waals surface area contributed by atoms with Gasteiger partial charge in [0.1, 0.15) is 17.6 Å². The van der Waals surface area contributed by atoms with E-state index in [2.05, 4.69) is 31.2 Å². The van der Waals surface area contributed by atoms with Crippen LogP contribution in [0.5, 0.6) is 11.5 Å². The van der Waals surface area contributed by atoms with Crippen molar-refractivity contribution < 1.29 is 9.84 Å². The molecule has 0 radical (unpaired) electrons. The maximum absolute atomic E-state index is 9.95. The summed E-state index contributed by atoms with van der Waals surface area (Å²) in [6, 6.07) is 12.5. The third kappa shape index (κ3) is 2.09. The van der Waals surface area contributed by atoms with E-state index in [-0.39, 0.29) is 6.10 Å². The minimum atomic E-state index is 0.142. The monoisotopic (exact) mass is 294 g/mol. The average molecular weight is 294 g/mol. The van der Waals surface area contributed by atoms with Gasteiger partial charge in [0, 0.05) is 11.5 Å². The predicted octanol–water partition coefficient (Wildman–Crippen LogP) is 5.03. The number of benzene rings is 2. The summed E-state index contributed by atoms with van der Waals surface area (Å²) in [6.07, 6.45) is 3.79. The van der Waals surface area contributed by atoms with Gasteiger partial charge >= 0.3 is 0 Å². The van der Waals surface area contributed by atoms with Crippen LogP contribution in [0.4, 0.5) is 0 Å². The van der Waals surface area contributed by atoms with Crippen molar-refractivity contribution in [3.63, 3.8) is 0 Å². The second kappa shape index (κ2) is 5.05. The molecule has 22 heavy (non-hydrogen) atoms. The van der Waals surface area contributed by atoms with E-state index in [1.807, 2.05) is 13.0 Å². The van der Waals surface area contributed by atoms with Gasteiger partial charge in [-0.3, -0.25) is 0 Å². The second-order valence-corrected chi connectivity index (χ2v) is 6.83. The van der Waals surface area contributed by atoms with Gasteiger partial charge in [-0.15, -0.1) is 0 Å². The van der Waals surface area contributed by atoms with E-state index in [9.17, 15) is 5.11 Å². The topological polar surface area (TPSA) is 29.5 Å². The number of hydrogen-bond acceptors (Lipinski definition) is 2. The van der Waals surface area contributed by atoms with Crippen LogP contribution in [-0.4, -0.2) is 5.11 Å². The Morgan fingerprint density at radius 2 is 1.82 bits per heavy atom. The van der Waals surface area contributed by atoms with Crippen molar-refractivity contribution in [1.82, 2.24) is 0 Å². The molecule has 2 aliphatic rings. The Bertz CT molecular complexity index is 702. The van der Waals surface area contributed by atoms with Gasteiger partial charge in [0.05, 0.1) is 0 Å². The van der Waals surface area contributed by atoms with E-state index >= 15 is 0 Å². The Kier molecular flexibility index (Phi) is 3.14. The van der Waals surface area contributed by atoms with Crippen LogP contribution in [-0.2, 0) is 0 Å². The summed E-state index contributed by atoms with van der Waals surface area (Å²) in [6.45, 7) is 4.14. The van der Waals surface area contributed by atoms with Crippen molar-refractivity contribution >= 4 is 0 Å². The zero-order valence-corrected chi connectivity index (χ0v) is 13.2. The van der Waals surface area contributed by atoms with Crippen molar-refractivity contribution in [2.75, 3.05) is 0 Å². The van der Waals surface area contributed by atoms with Crippen LogP contribution in [0.1, 0.15) is 53.5 Å². The van der Waals surface area contributed by atoms with Crippen LogP contribution in [0, 0.1) is 19.8 Å². The summed E-state index contributed by atoms with van der Waals surface area (Å²) in [5.41, 5.74) is 4.81.